The number of rotatable bonds is 4. The molecule has 0 aliphatic heterocycles. The highest BCUT2D eigenvalue weighted by atomic mass is 16.3. The summed E-state index contributed by atoms with van der Waals surface area (Å²) in [5, 5.41) is 9.72. The van der Waals surface area contributed by atoms with Crippen molar-refractivity contribution in [3.63, 3.8) is 0 Å². The van der Waals surface area contributed by atoms with E-state index in [4.69, 9.17) is 5.73 Å². The van der Waals surface area contributed by atoms with Crippen molar-refractivity contribution in [3.05, 3.63) is 0 Å². The van der Waals surface area contributed by atoms with Gasteiger partial charge < -0.3 is 15.7 Å². The van der Waals surface area contributed by atoms with E-state index in [-0.39, 0.29) is 5.41 Å². The number of likely N-dealkylation sites (N-methyl/N-ethyl adjacent to an activating group) is 1. The third kappa shape index (κ3) is 6.99. The molecule has 0 saturated carbocycles. The minimum Gasteiger partial charge on any atom is -0.388 e. The van der Waals surface area contributed by atoms with Crippen LogP contribution in [0.4, 0.5) is 0 Å². The standard InChI is InChI=1S/C10H24N2O/c1-9(2,3)7-12(5)8-10(4,13)6-11/h13H,6-8,11H2,1-5H3. The third-order valence-corrected chi connectivity index (χ3v) is 1.79. The first kappa shape index (κ1) is 12.9. The van der Waals surface area contributed by atoms with Crippen molar-refractivity contribution in [2.45, 2.75) is 33.3 Å². The highest BCUT2D eigenvalue weighted by molar-refractivity contribution is 4.78. The molecule has 0 aliphatic carbocycles. The van der Waals surface area contributed by atoms with Gasteiger partial charge in [0.1, 0.15) is 0 Å². The first-order valence-electron chi connectivity index (χ1n) is 4.77. The summed E-state index contributed by atoms with van der Waals surface area (Å²) in [7, 11) is 2.01. The van der Waals surface area contributed by atoms with Gasteiger partial charge in [-0.25, -0.2) is 0 Å². The van der Waals surface area contributed by atoms with Crippen LogP contribution in [0, 0.1) is 5.41 Å². The highest BCUT2D eigenvalue weighted by Crippen LogP contribution is 2.15. The lowest BCUT2D eigenvalue weighted by atomic mass is 9.95. The summed E-state index contributed by atoms with van der Waals surface area (Å²) in [6.07, 6.45) is 0. The Kier molecular flexibility index (Phi) is 4.36. The zero-order valence-corrected chi connectivity index (χ0v) is 9.59. The molecule has 0 heterocycles. The van der Waals surface area contributed by atoms with Gasteiger partial charge in [0, 0.05) is 19.6 Å². The summed E-state index contributed by atoms with van der Waals surface area (Å²) in [5.74, 6) is 0. The Morgan fingerprint density at radius 3 is 1.92 bits per heavy atom. The molecule has 0 aromatic carbocycles. The fourth-order valence-corrected chi connectivity index (χ4v) is 1.51. The van der Waals surface area contributed by atoms with Gasteiger partial charge in [-0.1, -0.05) is 20.8 Å². The summed E-state index contributed by atoms with van der Waals surface area (Å²) in [6, 6.07) is 0. The average molecular weight is 188 g/mol. The maximum atomic E-state index is 9.72. The van der Waals surface area contributed by atoms with Gasteiger partial charge in [-0.15, -0.1) is 0 Å². The molecule has 1 unspecified atom stereocenters. The molecule has 1 atom stereocenters. The van der Waals surface area contributed by atoms with Crippen molar-refractivity contribution < 1.29 is 5.11 Å². The molecule has 0 radical (unpaired) electrons. The largest absolute Gasteiger partial charge is 0.388 e. The van der Waals surface area contributed by atoms with Crippen LogP contribution in [0.3, 0.4) is 0 Å². The Morgan fingerprint density at radius 2 is 1.62 bits per heavy atom. The Bertz CT molecular complexity index is 149. The van der Waals surface area contributed by atoms with E-state index in [2.05, 4.69) is 25.7 Å². The van der Waals surface area contributed by atoms with Crippen molar-refractivity contribution in [2.24, 2.45) is 11.1 Å². The van der Waals surface area contributed by atoms with Gasteiger partial charge in [0.25, 0.3) is 0 Å². The molecule has 0 aliphatic rings. The Morgan fingerprint density at radius 1 is 1.15 bits per heavy atom. The van der Waals surface area contributed by atoms with Crippen LogP contribution in [0.15, 0.2) is 0 Å². The molecule has 3 heteroatoms. The summed E-state index contributed by atoms with van der Waals surface area (Å²) < 4.78 is 0. The Balaban J connectivity index is 3.94. The van der Waals surface area contributed by atoms with E-state index in [0.29, 0.717) is 13.1 Å². The second-order valence-corrected chi connectivity index (χ2v) is 5.43. The molecule has 80 valence electrons. The fraction of sp³-hybridized carbons (Fsp3) is 1.00. The molecule has 0 saturated heterocycles. The molecule has 0 fully saturated rings. The predicted molar refractivity (Wildman–Crippen MR) is 56.6 cm³/mol. The van der Waals surface area contributed by atoms with Gasteiger partial charge >= 0.3 is 0 Å². The van der Waals surface area contributed by atoms with Crippen LogP contribution >= 0.6 is 0 Å². The van der Waals surface area contributed by atoms with Gasteiger partial charge in [-0.05, 0) is 19.4 Å². The monoisotopic (exact) mass is 188 g/mol. The van der Waals surface area contributed by atoms with Crippen molar-refractivity contribution in [1.29, 1.82) is 0 Å². The van der Waals surface area contributed by atoms with E-state index in [1.807, 2.05) is 7.05 Å². The minimum atomic E-state index is -0.764. The van der Waals surface area contributed by atoms with Crippen LogP contribution in [0.1, 0.15) is 27.7 Å². The summed E-state index contributed by atoms with van der Waals surface area (Å²) in [6.45, 7) is 10.2. The SMILES string of the molecule is CN(CC(C)(C)C)CC(C)(O)CN. The molecular formula is C10H24N2O. The topological polar surface area (TPSA) is 49.5 Å². The Hall–Kier alpha value is -0.120. The molecule has 3 nitrogen and oxygen atoms in total. The molecule has 0 spiro atoms. The third-order valence-electron chi connectivity index (χ3n) is 1.79. The second kappa shape index (κ2) is 4.40. The van der Waals surface area contributed by atoms with Gasteiger partial charge in [-0.3, -0.25) is 0 Å². The molecule has 0 aromatic heterocycles. The van der Waals surface area contributed by atoms with Crippen LogP contribution in [0.25, 0.3) is 0 Å². The molecule has 0 rings (SSSR count). The van der Waals surface area contributed by atoms with E-state index in [1.54, 1.807) is 6.92 Å². The van der Waals surface area contributed by atoms with Crippen LogP contribution in [-0.4, -0.2) is 42.3 Å². The number of nitrogens with two attached hydrogens (primary N) is 1. The number of hydrogen-bond acceptors (Lipinski definition) is 3. The van der Waals surface area contributed by atoms with Crippen molar-refractivity contribution in [3.8, 4) is 0 Å². The van der Waals surface area contributed by atoms with Gasteiger partial charge in [0.2, 0.25) is 0 Å². The predicted octanol–water partition coefficient (Wildman–Crippen LogP) is 0.674. The molecule has 0 aromatic rings. The first-order chi connectivity index (χ1) is 5.66. The first-order valence-corrected chi connectivity index (χ1v) is 4.77. The molecule has 0 amide bonds. The van der Waals surface area contributed by atoms with Crippen molar-refractivity contribution in [1.82, 2.24) is 4.90 Å². The van der Waals surface area contributed by atoms with Crippen LogP contribution in [0.2, 0.25) is 0 Å². The van der Waals surface area contributed by atoms with Gasteiger partial charge in [-0.2, -0.15) is 0 Å². The van der Waals surface area contributed by atoms with Crippen LogP contribution in [-0.2, 0) is 0 Å². The van der Waals surface area contributed by atoms with Crippen LogP contribution < -0.4 is 5.73 Å². The second-order valence-electron chi connectivity index (χ2n) is 5.43. The summed E-state index contributed by atoms with van der Waals surface area (Å²) >= 11 is 0. The zero-order valence-electron chi connectivity index (χ0n) is 9.59. The molecule has 0 bridgehead atoms. The van der Waals surface area contributed by atoms with Crippen molar-refractivity contribution >= 4 is 0 Å². The van der Waals surface area contributed by atoms with E-state index in [0.717, 1.165) is 6.54 Å². The molecule has 13 heavy (non-hydrogen) atoms. The van der Waals surface area contributed by atoms with Crippen LogP contribution in [0.5, 0.6) is 0 Å². The number of nitrogens with zero attached hydrogens (tertiary/aromatic N) is 1. The quantitative estimate of drug-likeness (QED) is 0.682. The van der Waals surface area contributed by atoms with E-state index >= 15 is 0 Å². The van der Waals surface area contributed by atoms with Gasteiger partial charge in [0.15, 0.2) is 0 Å². The number of hydrogen-bond donors (Lipinski definition) is 2. The zero-order chi connectivity index (χ0) is 10.7. The molecule has 3 N–H and O–H groups in total. The van der Waals surface area contributed by atoms with E-state index in [9.17, 15) is 5.11 Å². The summed E-state index contributed by atoms with van der Waals surface area (Å²) in [4.78, 5) is 2.12. The smallest absolute Gasteiger partial charge is 0.0867 e. The fourth-order valence-electron chi connectivity index (χ4n) is 1.51. The van der Waals surface area contributed by atoms with Gasteiger partial charge in [0.05, 0.1) is 5.60 Å². The minimum absolute atomic E-state index is 0.263. The maximum Gasteiger partial charge on any atom is 0.0867 e. The summed E-state index contributed by atoms with van der Waals surface area (Å²) in [5.41, 5.74) is 4.94. The Labute approximate surface area is 81.9 Å². The number of aliphatic hydroxyl groups is 1. The highest BCUT2D eigenvalue weighted by Gasteiger charge is 2.22. The lowest BCUT2D eigenvalue weighted by Gasteiger charge is -2.32. The lowest BCUT2D eigenvalue weighted by Crippen LogP contribution is -2.46. The van der Waals surface area contributed by atoms with E-state index < -0.39 is 5.60 Å². The average Bonchev–Trinajstić information content (AvgIpc) is 1.81. The maximum absolute atomic E-state index is 9.72. The molecular weight excluding hydrogens is 164 g/mol. The van der Waals surface area contributed by atoms with E-state index in [1.165, 1.54) is 0 Å². The van der Waals surface area contributed by atoms with Crippen molar-refractivity contribution in [2.75, 3.05) is 26.7 Å². The lowest BCUT2D eigenvalue weighted by molar-refractivity contribution is 0.0270. The normalized spacial score (nSPS) is 17.5.